The number of aromatic amines is 1. The minimum atomic E-state index is 0.0816. The van der Waals surface area contributed by atoms with Gasteiger partial charge in [0.2, 0.25) is 5.91 Å². The Labute approximate surface area is 181 Å². The molecule has 2 aliphatic rings. The third kappa shape index (κ3) is 4.71. The number of halogens is 1. The van der Waals surface area contributed by atoms with Crippen LogP contribution in [0.1, 0.15) is 12.8 Å². The summed E-state index contributed by atoms with van der Waals surface area (Å²) in [6, 6.07) is 8.00. The number of hydrogen-bond donors (Lipinski definition) is 1. The van der Waals surface area contributed by atoms with Crippen molar-refractivity contribution in [3.05, 3.63) is 34.1 Å². The standard InChI is InChI=1S/C20H27ClN6OS/c1-24-8-2-3-17(13-24)25-9-11-26(12-10-25)18(28)14-27-19(22-23-20(27)29)15-4-6-16(21)7-5-15/h4-7,17H,2-3,8-14H2,1H3,(H,23,29). The number of nitrogens with zero attached hydrogens (tertiary/aromatic N) is 5. The first-order valence-electron chi connectivity index (χ1n) is 10.1. The number of likely N-dealkylation sites (N-methyl/N-ethyl adjacent to an activating group) is 1. The second-order valence-electron chi connectivity index (χ2n) is 7.92. The normalized spacial score (nSPS) is 21.4. The van der Waals surface area contributed by atoms with Crippen molar-refractivity contribution in [2.45, 2.75) is 25.4 Å². The molecule has 7 nitrogen and oxygen atoms in total. The number of H-pyrrole nitrogens is 1. The van der Waals surface area contributed by atoms with Crippen molar-refractivity contribution in [2.24, 2.45) is 0 Å². The topological polar surface area (TPSA) is 60.4 Å². The van der Waals surface area contributed by atoms with Gasteiger partial charge in [-0.05, 0) is 62.9 Å². The second kappa shape index (κ2) is 8.95. The molecule has 0 bridgehead atoms. The van der Waals surface area contributed by atoms with E-state index < -0.39 is 0 Å². The molecule has 4 rings (SSSR count). The van der Waals surface area contributed by atoms with Crippen LogP contribution < -0.4 is 0 Å². The number of nitrogens with one attached hydrogen (secondary N) is 1. The number of aromatic nitrogens is 3. The Kier molecular flexibility index (Phi) is 6.34. The Balaban J connectivity index is 1.39. The monoisotopic (exact) mass is 434 g/mol. The van der Waals surface area contributed by atoms with Crippen molar-refractivity contribution in [3.63, 3.8) is 0 Å². The molecule has 0 saturated carbocycles. The van der Waals surface area contributed by atoms with Crippen LogP contribution in [0.4, 0.5) is 0 Å². The van der Waals surface area contributed by atoms with Gasteiger partial charge in [0.25, 0.3) is 0 Å². The number of likely N-dealkylation sites (tertiary alicyclic amines) is 1. The molecule has 1 aromatic heterocycles. The number of benzene rings is 1. The zero-order valence-corrected chi connectivity index (χ0v) is 18.3. The molecule has 1 amide bonds. The first kappa shape index (κ1) is 20.5. The van der Waals surface area contributed by atoms with Gasteiger partial charge in [0.1, 0.15) is 6.54 Å². The van der Waals surface area contributed by atoms with E-state index in [1.807, 2.05) is 29.2 Å². The minimum Gasteiger partial charge on any atom is -0.339 e. The Morgan fingerprint density at radius 2 is 1.93 bits per heavy atom. The summed E-state index contributed by atoms with van der Waals surface area (Å²) in [5.41, 5.74) is 0.876. The molecule has 29 heavy (non-hydrogen) atoms. The van der Waals surface area contributed by atoms with E-state index >= 15 is 0 Å². The fourth-order valence-electron chi connectivity index (χ4n) is 4.29. The molecular formula is C20H27ClN6OS. The number of amides is 1. The first-order chi connectivity index (χ1) is 14.0. The molecule has 1 aromatic carbocycles. The molecule has 3 heterocycles. The van der Waals surface area contributed by atoms with Crippen LogP contribution in [0.15, 0.2) is 24.3 Å². The maximum absolute atomic E-state index is 13.0. The Bertz CT molecular complexity index is 902. The number of hydrogen-bond acceptors (Lipinski definition) is 5. The lowest BCUT2D eigenvalue weighted by Crippen LogP contribution is -2.55. The SMILES string of the molecule is CN1CCCC(N2CCN(C(=O)Cn3c(-c4ccc(Cl)cc4)n[nH]c3=S)CC2)C1. The molecule has 2 fully saturated rings. The molecule has 0 radical (unpaired) electrons. The summed E-state index contributed by atoms with van der Waals surface area (Å²) in [6.07, 6.45) is 2.51. The van der Waals surface area contributed by atoms with Crippen molar-refractivity contribution in [3.8, 4) is 11.4 Å². The summed E-state index contributed by atoms with van der Waals surface area (Å²) in [5, 5.41) is 7.78. The fraction of sp³-hybridized carbons (Fsp3) is 0.550. The van der Waals surface area contributed by atoms with E-state index in [2.05, 4.69) is 27.0 Å². The molecule has 2 saturated heterocycles. The van der Waals surface area contributed by atoms with Crippen LogP contribution in [0.2, 0.25) is 5.02 Å². The van der Waals surface area contributed by atoms with Gasteiger partial charge in [0.15, 0.2) is 10.6 Å². The van der Waals surface area contributed by atoms with Crippen molar-refractivity contribution >= 4 is 29.7 Å². The van der Waals surface area contributed by atoms with Crippen LogP contribution in [-0.4, -0.2) is 87.7 Å². The molecule has 0 spiro atoms. The van der Waals surface area contributed by atoms with Crippen LogP contribution >= 0.6 is 23.8 Å². The van der Waals surface area contributed by atoms with Gasteiger partial charge in [-0.25, -0.2) is 0 Å². The van der Waals surface area contributed by atoms with Gasteiger partial charge in [-0.2, -0.15) is 5.10 Å². The van der Waals surface area contributed by atoms with Crippen LogP contribution in [0, 0.1) is 4.77 Å². The van der Waals surface area contributed by atoms with Gasteiger partial charge >= 0.3 is 0 Å². The summed E-state index contributed by atoms with van der Waals surface area (Å²) in [5.74, 6) is 0.738. The van der Waals surface area contributed by atoms with Crippen molar-refractivity contribution in [1.82, 2.24) is 29.5 Å². The molecule has 0 aliphatic carbocycles. The summed E-state index contributed by atoms with van der Waals surface area (Å²) >= 11 is 11.4. The number of piperidine rings is 1. The second-order valence-corrected chi connectivity index (χ2v) is 8.74. The average molecular weight is 435 g/mol. The zero-order chi connectivity index (χ0) is 20.4. The fourth-order valence-corrected chi connectivity index (χ4v) is 4.62. The van der Waals surface area contributed by atoms with Gasteiger partial charge in [-0.15, -0.1) is 0 Å². The van der Waals surface area contributed by atoms with E-state index in [1.165, 1.54) is 19.4 Å². The average Bonchev–Trinajstić information content (AvgIpc) is 3.09. The summed E-state index contributed by atoms with van der Waals surface area (Å²) in [6.45, 7) is 5.91. The lowest BCUT2D eigenvalue weighted by molar-refractivity contribution is -0.134. The van der Waals surface area contributed by atoms with Crippen molar-refractivity contribution in [2.75, 3.05) is 46.3 Å². The highest BCUT2D eigenvalue weighted by atomic mass is 35.5. The first-order valence-corrected chi connectivity index (χ1v) is 10.9. The molecule has 2 aliphatic heterocycles. The molecule has 156 valence electrons. The van der Waals surface area contributed by atoms with E-state index in [-0.39, 0.29) is 12.5 Å². The summed E-state index contributed by atoms with van der Waals surface area (Å²) in [7, 11) is 2.19. The molecule has 9 heteroatoms. The third-order valence-electron chi connectivity index (χ3n) is 5.94. The van der Waals surface area contributed by atoms with Crippen LogP contribution in [0.25, 0.3) is 11.4 Å². The van der Waals surface area contributed by atoms with Crippen molar-refractivity contribution < 1.29 is 4.79 Å². The van der Waals surface area contributed by atoms with E-state index in [0.29, 0.717) is 21.7 Å². The number of piperazine rings is 1. The molecule has 2 aromatic rings. The zero-order valence-electron chi connectivity index (χ0n) is 16.7. The highest BCUT2D eigenvalue weighted by Gasteiger charge is 2.28. The quantitative estimate of drug-likeness (QED) is 0.749. The van der Waals surface area contributed by atoms with Crippen LogP contribution in [0.3, 0.4) is 0 Å². The Hall–Kier alpha value is -1.74. The smallest absolute Gasteiger partial charge is 0.242 e. The predicted molar refractivity (Wildman–Crippen MR) is 117 cm³/mol. The number of carbonyl (C=O) groups excluding carboxylic acids is 1. The lowest BCUT2D eigenvalue weighted by Gasteiger charge is -2.42. The number of carbonyl (C=O) groups is 1. The molecule has 1 N–H and O–H groups in total. The van der Waals surface area contributed by atoms with Crippen molar-refractivity contribution in [1.29, 1.82) is 0 Å². The predicted octanol–water partition coefficient (Wildman–Crippen LogP) is 2.50. The molecule has 1 atom stereocenters. The highest BCUT2D eigenvalue weighted by molar-refractivity contribution is 7.71. The van der Waals surface area contributed by atoms with Gasteiger partial charge in [-0.3, -0.25) is 19.4 Å². The number of rotatable bonds is 4. The summed E-state index contributed by atoms with van der Waals surface area (Å²) < 4.78 is 2.22. The van der Waals surface area contributed by atoms with Crippen LogP contribution in [0.5, 0.6) is 0 Å². The largest absolute Gasteiger partial charge is 0.339 e. The summed E-state index contributed by atoms with van der Waals surface area (Å²) in [4.78, 5) is 19.9. The van der Waals surface area contributed by atoms with Gasteiger partial charge in [-0.1, -0.05) is 11.6 Å². The maximum Gasteiger partial charge on any atom is 0.242 e. The molecular weight excluding hydrogens is 408 g/mol. The lowest BCUT2D eigenvalue weighted by atomic mass is 10.0. The van der Waals surface area contributed by atoms with E-state index in [9.17, 15) is 4.79 Å². The third-order valence-corrected chi connectivity index (χ3v) is 6.50. The van der Waals surface area contributed by atoms with E-state index in [0.717, 1.165) is 38.3 Å². The highest BCUT2D eigenvalue weighted by Crippen LogP contribution is 2.21. The maximum atomic E-state index is 13.0. The van der Waals surface area contributed by atoms with E-state index in [1.54, 1.807) is 4.57 Å². The molecule has 1 unspecified atom stereocenters. The van der Waals surface area contributed by atoms with Gasteiger partial charge < -0.3 is 9.80 Å². The Morgan fingerprint density at radius 1 is 1.21 bits per heavy atom. The van der Waals surface area contributed by atoms with Gasteiger partial charge in [0.05, 0.1) is 0 Å². The van der Waals surface area contributed by atoms with Crippen LogP contribution in [-0.2, 0) is 11.3 Å². The van der Waals surface area contributed by atoms with E-state index in [4.69, 9.17) is 23.8 Å². The Morgan fingerprint density at radius 3 is 2.62 bits per heavy atom. The minimum absolute atomic E-state index is 0.0816. The van der Waals surface area contributed by atoms with Gasteiger partial charge in [0, 0.05) is 49.4 Å².